The first-order valence-corrected chi connectivity index (χ1v) is 16.0. The molecule has 14 nitrogen and oxygen atoms in total. The van der Waals surface area contributed by atoms with Gasteiger partial charge in [0.1, 0.15) is 0 Å². The number of non-ortho nitro benzene ring substituents is 2. The Morgan fingerprint density at radius 3 is 1.43 bits per heavy atom. The summed E-state index contributed by atoms with van der Waals surface area (Å²) in [6.07, 6.45) is 0.655. The molecule has 6 rings (SSSR count). The standard InChI is InChI=1S/C31H24N8O6S2/c40-28(16-46-30-34-24-11-9-22(38(42)43)14-26(24)36-30)32-20-5-1-18(2-6-20)13-19-3-7-21(8-4-19)33-29(41)17-47-31-35-25-12-10-23(39(44)45)15-27(25)37-31/h1-12,14-15H,13,16-17H2,(H,32,40)(H,33,41)(H,34,36)(H,35,37). The second-order valence-corrected chi connectivity index (χ2v) is 12.2. The number of fused-ring (bicyclic) bond motifs is 2. The van der Waals surface area contributed by atoms with E-state index in [0.29, 0.717) is 50.2 Å². The number of benzene rings is 4. The lowest BCUT2D eigenvalue weighted by Gasteiger charge is -2.08. The maximum Gasteiger partial charge on any atom is 0.271 e. The lowest BCUT2D eigenvalue weighted by Crippen LogP contribution is -2.14. The quantitative estimate of drug-likeness (QED) is 0.0650. The molecular weight excluding hydrogens is 645 g/mol. The van der Waals surface area contributed by atoms with E-state index in [1.807, 2.05) is 48.5 Å². The number of H-pyrrole nitrogens is 2. The van der Waals surface area contributed by atoms with E-state index in [1.54, 1.807) is 12.1 Å². The summed E-state index contributed by atoms with van der Waals surface area (Å²) in [6.45, 7) is 0. The molecule has 0 saturated carbocycles. The summed E-state index contributed by atoms with van der Waals surface area (Å²) in [6, 6.07) is 23.7. The molecule has 16 heteroatoms. The summed E-state index contributed by atoms with van der Waals surface area (Å²) in [7, 11) is 0. The molecule has 236 valence electrons. The molecule has 2 aromatic heterocycles. The average Bonchev–Trinajstić information content (AvgIpc) is 3.67. The largest absolute Gasteiger partial charge is 0.333 e. The number of hydrogen-bond acceptors (Lipinski definition) is 10. The predicted octanol–water partition coefficient (Wildman–Crippen LogP) is 6.31. The third-order valence-corrected chi connectivity index (χ3v) is 8.62. The van der Waals surface area contributed by atoms with Crippen LogP contribution in [0, 0.1) is 20.2 Å². The number of amides is 2. The number of nitrogens with one attached hydrogen (secondary N) is 4. The molecule has 0 fully saturated rings. The van der Waals surface area contributed by atoms with Gasteiger partial charge in [0, 0.05) is 35.6 Å². The number of nitro groups is 2. The number of anilines is 2. The highest BCUT2D eigenvalue weighted by Gasteiger charge is 2.13. The van der Waals surface area contributed by atoms with E-state index in [2.05, 4.69) is 30.6 Å². The summed E-state index contributed by atoms with van der Waals surface area (Å²) in [4.78, 5) is 60.7. The number of thioether (sulfide) groups is 2. The Bertz CT molecular complexity index is 1980. The Morgan fingerprint density at radius 1 is 0.638 bits per heavy atom. The molecule has 2 heterocycles. The minimum atomic E-state index is -0.473. The molecule has 0 aliphatic rings. The highest BCUT2D eigenvalue weighted by molar-refractivity contribution is 8.00. The lowest BCUT2D eigenvalue weighted by atomic mass is 10.0. The summed E-state index contributed by atoms with van der Waals surface area (Å²) in [5.41, 5.74) is 5.55. The Kier molecular flexibility index (Phi) is 9.12. The summed E-state index contributed by atoms with van der Waals surface area (Å²) in [5.74, 6) is -0.210. The van der Waals surface area contributed by atoms with Gasteiger partial charge in [-0.1, -0.05) is 47.8 Å². The van der Waals surface area contributed by atoms with Crippen LogP contribution in [0.4, 0.5) is 22.7 Å². The van der Waals surface area contributed by atoms with E-state index < -0.39 is 9.85 Å². The van der Waals surface area contributed by atoms with Gasteiger partial charge in [0.05, 0.1) is 43.4 Å². The fraction of sp³-hybridized carbons (Fsp3) is 0.0968. The van der Waals surface area contributed by atoms with Crippen LogP contribution in [-0.2, 0) is 16.0 Å². The van der Waals surface area contributed by atoms with Gasteiger partial charge in [-0.25, -0.2) is 9.97 Å². The monoisotopic (exact) mass is 668 g/mol. The first kappa shape index (κ1) is 31.3. The predicted molar refractivity (Wildman–Crippen MR) is 180 cm³/mol. The van der Waals surface area contributed by atoms with Crippen LogP contribution in [0.25, 0.3) is 22.1 Å². The van der Waals surface area contributed by atoms with E-state index in [1.165, 1.54) is 47.8 Å². The molecule has 47 heavy (non-hydrogen) atoms. The van der Waals surface area contributed by atoms with Gasteiger partial charge in [-0.15, -0.1) is 0 Å². The molecular formula is C31H24N8O6S2. The Hall–Kier alpha value is -5.74. The van der Waals surface area contributed by atoms with Gasteiger partial charge >= 0.3 is 0 Å². The van der Waals surface area contributed by atoms with Crippen molar-refractivity contribution in [2.75, 3.05) is 22.1 Å². The Balaban J connectivity index is 0.946. The molecule has 6 aromatic rings. The van der Waals surface area contributed by atoms with Gasteiger partial charge in [0.15, 0.2) is 10.3 Å². The van der Waals surface area contributed by atoms with Gasteiger partial charge in [-0.2, -0.15) is 0 Å². The van der Waals surface area contributed by atoms with E-state index in [-0.39, 0.29) is 34.7 Å². The minimum Gasteiger partial charge on any atom is -0.333 e. The van der Waals surface area contributed by atoms with Crippen LogP contribution in [0.3, 0.4) is 0 Å². The number of carbonyl (C=O) groups excluding carboxylic acids is 2. The van der Waals surface area contributed by atoms with Crippen LogP contribution in [0.5, 0.6) is 0 Å². The third kappa shape index (κ3) is 7.92. The van der Waals surface area contributed by atoms with E-state index in [0.717, 1.165) is 11.1 Å². The summed E-state index contributed by atoms with van der Waals surface area (Å²) < 4.78 is 0. The number of imidazole rings is 2. The van der Waals surface area contributed by atoms with Crippen molar-refractivity contribution < 1.29 is 19.4 Å². The molecule has 0 radical (unpaired) electrons. The van der Waals surface area contributed by atoms with E-state index >= 15 is 0 Å². The molecule has 4 N–H and O–H groups in total. The van der Waals surface area contributed by atoms with Crippen molar-refractivity contribution in [3.63, 3.8) is 0 Å². The van der Waals surface area contributed by atoms with Gasteiger partial charge in [-0.3, -0.25) is 29.8 Å². The fourth-order valence-corrected chi connectivity index (χ4v) is 5.99. The normalized spacial score (nSPS) is 11.1. The van der Waals surface area contributed by atoms with Crippen molar-refractivity contribution in [3.8, 4) is 0 Å². The van der Waals surface area contributed by atoms with Crippen molar-refractivity contribution in [1.82, 2.24) is 19.9 Å². The molecule has 4 aromatic carbocycles. The number of nitro benzene ring substituents is 2. The minimum absolute atomic E-state index is 0.0352. The Labute approximate surface area is 274 Å². The van der Waals surface area contributed by atoms with Crippen LogP contribution >= 0.6 is 23.5 Å². The SMILES string of the molecule is O=C(CSc1nc2ccc([N+](=O)[O-])cc2[nH]1)Nc1ccc(Cc2ccc(NC(=O)CSc3nc4ccc([N+](=O)[O-])cc4[nH]3)cc2)cc1. The molecule has 0 aliphatic carbocycles. The second-order valence-electron chi connectivity index (χ2n) is 10.2. The zero-order chi connectivity index (χ0) is 32.9. The summed E-state index contributed by atoms with van der Waals surface area (Å²) >= 11 is 2.40. The zero-order valence-corrected chi connectivity index (χ0v) is 25.9. The summed E-state index contributed by atoms with van der Waals surface area (Å²) in [5, 5.41) is 28.7. The third-order valence-electron chi connectivity index (χ3n) is 6.87. The number of aromatic nitrogens is 4. The van der Waals surface area contributed by atoms with Gasteiger partial charge in [-0.05, 0) is 53.9 Å². The average molecular weight is 669 g/mol. The number of nitrogens with zero attached hydrogens (tertiary/aromatic N) is 4. The maximum absolute atomic E-state index is 12.5. The van der Waals surface area contributed by atoms with Crippen LogP contribution in [0.2, 0.25) is 0 Å². The number of rotatable bonds is 12. The zero-order valence-electron chi connectivity index (χ0n) is 24.3. The maximum atomic E-state index is 12.5. The van der Waals surface area contributed by atoms with Crippen molar-refractivity contribution in [2.45, 2.75) is 16.7 Å². The second kappa shape index (κ2) is 13.7. The molecule has 0 atom stereocenters. The fourth-order valence-electron chi connectivity index (χ4n) is 4.62. The molecule has 0 bridgehead atoms. The smallest absolute Gasteiger partial charge is 0.271 e. The number of hydrogen-bond donors (Lipinski definition) is 4. The van der Waals surface area contributed by atoms with Crippen molar-refractivity contribution in [3.05, 3.63) is 116 Å². The van der Waals surface area contributed by atoms with Crippen LogP contribution in [-0.4, -0.2) is 53.1 Å². The lowest BCUT2D eigenvalue weighted by molar-refractivity contribution is -0.384. The van der Waals surface area contributed by atoms with Crippen molar-refractivity contribution >= 4 is 80.2 Å². The molecule has 0 spiro atoms. The molecule has 0 unspecified atom stereocenters. The highest BCUT2D eigenvalue weighted by atomic mass is 32.2. The molecule has 0 aliphatic heterocycles. The highest BCUT2D eigenvalue weighted by Crippen LogP contribution is 2.25. The number of aromatic amines is 2. The molecule has 2 amide bonds. The number of carbonyl (C=O) groups is 2. The Morgan fingerprint density at radius 2 is 1.04 bits per heavy atom. The van der Waals surface area contributed by atoms with Crippen molar-refractivity contribution in [2.24, 2.45) is 0 Å². The van der Waals surface area contributed by atoms with Gasteiger partial charge in [0.2, 0.25) is 11.8 Å². The topological polar surface area (TPSA) is 202 Å². The molecule has 0 saturated heterocycles. The first-order chi connectivity index (χ1) is 22.7. The van der Waals surface area contributed by atoms with Crippen LogP contribution < -0.4 is 10.6 Å². The van der Waals surface area contributed by atoms with Crippen LogP contribution in [0.1, 0.15) is 11.1 Å². The first-order valence-electron chi connectivity index (χ1n) is 14.0. The van der Waals surface area contributed by atoms with E-state index in [9.17, 15) is 29.8 Å². The van der Waals surface area contributed by atoms with Crippen molar-refractivity contribution in [1.29, 1.82) is 0 Å². The van der Waals surface area contributed by atoms with Gasteiger partial charge < -0.3 is 20.6 Å². The van der Waals surface area contributed by atoms with E-state index in [4.69, 9.17) is 0 Å². The van der Waals surface area contributed by atoms with Crippen LogP contribution in [0.15, 0.2) is 95.2 Å². The van der Waals surface area contributed by atoms with Gasteiger partial charge in [0.25, 0.3) is 11.4 Å².